The third-order valence-electron chi connectivity index (χ3n) is 3.44. The molecule has 4 heteroatoms. The molecule has 1 aliphatic rings. The molecule has 0 aliphatic carbocycles. The van der Waals surface area contributed by atoms with Crippen LogP contribution in [0.5, 0.6) is 0 Å². The molecular formula is C16H17N3O. The van der Waals surface area contributed by atoms with Gasteiger partial charge in [-0.15, -0.1) is 0 Å². The lowest BCUT2D eigenvalue weighted by atomic mass is 9.93. The number of rotatable bonds is 3. The Bertz CT molecular complexity index is 656. The molecule has 0 amide bonds. The molecule has 0 saturated carbocycles. The molecule has 4 nitrogen and oxygen atoms in total. The summed E-state index contributed by atoms with van der Waals surface area (Å²) in [5, 5.41) is 3.40. The molecule has 20 heavy (non-hydrogen) atoms. The molecule has 1 aliphatic heterocycles. The number of benzene rings is 1. The summed E-state index contributed by atoms with van der Waals surface area (Å²) in [5.41, 5.74) is 5.66. The molecule has 0 unspecified atom stereocenters. The van der Waals surface area contributed by atoms with Crippen molar-refractivity contribution in [1.82, 2.24) is 9.97 Å². The molecule has 3 rings (SSSR count). The number of fused-ring (bicyclic) bond motifs is 1. The van der Waals surface area contributed by atoms with Crippen molar-refractivity contribution in [3.8, 4) is 0 Å². The number of nitrogens with one attached hydrogen (secondary N) is 2. The summed E-state index contributed by atoms with van der Waals surface area (Å²) in [6.07, 6.45) is 7.08. The van der Waals surface area contributed by atoms with Gasteiger partial charge in [-0.3, -0.25) is 4.79 Å². The Kier molecular flexibility index (Phi) is 3.37. The highest BCUT2D eigenvalue weighted by Crippen LogP contribution is 2.32. The molecule has 0 spiro atoms. The van der Waals surface area contributed by atoms with Gasteiger partial charge in [0.15, 0.2) is 0 Å². The molecule has 2 aromatic rings. The average Bonchev–Trinajstić information content (AvgIpc) is 2.92. The Hall–Kier alpha value is -2.36. The number of Topliss-reactive ketones (excluding diaryl/α,β-unsaturated/α-hetero) is 1. The number of hydrogen-bond acceptors (Lipinski definition) is 3. The van der Waals surface area contributed by atoms with Crippen molar-refractivity contribution in [3.05, 3.63) is 47.5 Å². The van der Waals surface area contributed by atoms with Crippen LogP contribution in [0, 0.1) is 0 Å². The molecule has 1 aromatic carbocycles. The standard InChI is InChI=1S/C16H17N3O/c1-11(20)6-12-2-3-16-15(7-12)13(4-5-18-16)8-14-9-17-10-19-14/h2-3,7-10,18H,4-6H2,1H3,(H,17,19)/b13-8+. The van der Waals surface area contributed by atoms with Crippen LogP contribution < -0.4 is 5.32 Å². The van der Waals surface area contributed by atoms with Crippen molar-refractivity contribution in [1.29, 1.82) is 0 Å². The van der Waals surface area contributed by atoms with Crippen molar-refractivity contribution < 1.29 is 4.79 Å². The van der Waals surface area contributed by atoms with Crippen LogP contribution in [0.25, 0.3) is 11.6 Å². The highest BCUT2D eigenvalue weighted by molar-refractivity contribution is 5.89. The Labute approximate surface area is 117 Å². The molecule has 102 valence electrons. The normalized spacial score (nSPS) is 15.8. The number of imidazole rings is 1. The molecule has 0 bridgehead atoms. The van der Waals surface area contributed by atoms with Gasteiger partial charge in [-0.05, 0) is 42.7 Å². The van der Waals surface area contributed by atoms with E-state index in [0.29, 0.717) is 6.42 Å². The summed E-state index contributed by atoms with van der Waals surface area (Å²) in [5.74, 6) is 0.188. The summed E-state index contributed by atoms with van der Waals surface area (Å²) in [4.78, 5) is 18.4. The van der Waals surface area contributed by atoms with E-state index in [1.54, 1.807) is 13.3 Å². The zero-order chi connectivity index (χ0) is 13.9. The van der Waals surface area contributed by atoms with Gasteiger partial charge >= 0.3 is 0 Å². The number of H-pyrrole nitrogens is 1. The summed E-state index contributed by atoms with van der Waals surface area (Å²) >= 11 is 0. The lowest BCUT2D eigenvalue weighted by Gasteiger charge is -2.21. The van der Waals surface area contributed by atoms with Crippen LogP contribution in [0.15, 0.2) is 30.7 Å². The van der Waals surface area contributed by atoms with Crippen molar-refractivity contribution in [2.75, 3.05) is 11.9 Å². The lowest BCUT2D eigenvalue weighted by molar-refractivity contribution is -0.116. The lowest BCUT2D eigenvalue weighted by Crippen LogP contribution is -2.11. The van der Waals surface area contributed by atoms with Crippen molar-refractivity contribution >= 4 is 23.1 Å². The fourth-order valence-corrected chi connectivity index (χ4v) is 2.56. The predicted molar refractivity (Wildman–Crippen MR) is 80.4 cm³/mol. The Balaban J connectivity index is 2.00. The third kappa shape index (κ3) is 2.64. The SMILES string of the molecule is CC(=O)Cc1ccc2c(c1)/C(=C/c1cnc[nH]1)CCN2. The van der Waals surface area contributed by atoms with Gasteiger partial charge < -0.3 is 10.3 Å². The number of nitrogens with zero attached hydrogens (tertiary/aromatic N) is 1. The minimum Gasteiger partial charge on any atom is -0.384 e. The topological polar surface area (TPSA) is 57.8 Å². The highest BCUT2D eigenvalue weighted by atomic mass is 16.1. The van der Waals surface area contributed by atoms with E-state index in [1.165, 1.54) is 11.1 Å². The van der Waals surface area contributed by atoms with E-state index in [4.69, 9.17) is 0 Å². The monoisotopic (exact) mass is 267 g/mol. The molecule has 0 atom stereocenters. The van der Waals surface area contributed by atoms with Crippen LogP contribution in [-0.2, 0) is 11.2 Å². The van der Waals surface area contributed by atoms with Crippen LogP contribution in [0.1, 0.15) is 30.2 Å². The number of aromatic amines is 1. The van der Waals surface area contributed by atoms with Crippen molar-refractivity contribution in [2.45, 2.75) is 19.8 Å². The first-order valence-corrected chi connectivity index (χ1v) is 6.78. The second-order valence-corrected chi connectivity index (χ2v) is 5.11. The zero-order valence-corrected chi connectivity index (χ0v) is 11.4. The van der Waals surface area contributed by atoms with Crippen LogP contribution in [-0.4, -0.2) is 22.3 Å². The van der Waals surface area contributed by atoms with Crippen LogP contribution in [0.2, 0.25) is 0 Å². The first kappa shape index (κ1) is 12.7. The number of hydrogen-bond donors (Lipinski definition) is 2. The van der Waals surface area contributed by atoms with Gasteiger partial charge in [-0.25, -0.2) is 4.98 Å². The van der Waals surface area contributed by atoms with Crippen molar-refractivity contribution in [2.24, 2.45) is 0 Å². The second kappa shape index (κ2) is 5.33. The Morgan fingerprint density at radius 2 is 2.35 bits per heavy atom. The number of anilines is 1. The van der Waals surface area contributed by atoms with Crippen LogP contribution >= 0.6 is 0 Å². The number of ketones is 1. The molecule has 2 N–H and O–H groups in total. The van der Waals surface area contributed by atoms with E-state index in [2.05, 4.69) is 33.5 Å². The molecule has 1 aromatic heterocycles. The maximum absolute atomic E-state index is 11.3. The van der Waals surface area contributed by atoms with Gasteiger partial charge in [0.1, 0.15) is 5.78 Å². The van der Waals surface area contributed by atoms with Crippen molar-refractivity contribution in [3.63, 3.8) is 0 Å². The highest BCUT2D eigenvalue weighted by Gasteiger charge is 2.14. The Morgan fingerprint density at radius 3 is 3.10 bits per heavy atom. The summed E-state index contributed by atoms with van der Waals surface area (Å²) in [6, 6.07) is 6.20. The van der Waals surface area contributed by atoms with E-state index in [9.17, 15) is 4.79 Å². The largest absolute Gasteiger partial charge is 0.384 e. The number of carbonyl (C=O) groups is 1. The maximum atomic E-state index is 11.3. The van der Waals surface area contributed by atoms with E-state index >= 15 is 0 Å². The third-order valence-corrected chi connectivity index (χ3v) is 3.44. The van der Waals surface area contributed by atoms with Gasteiger partial charge in [0.25, 0.3) is 0 Å². The number of aromatic nitrogens is 2. The summed E-state index contributed by atoms with van der Waals surface area (Å²) in [7, 11) is 0. The van der Waals surface area contributed by atoms with Gasteiger partial charge in [0.2, 0.25) is 0 Å². The zero-order valence-electron chi connectivity index (χ0n) is 11.4. The maximum Gasteiger partial charge on any atom is 0.134 e. The number of carbonyl (C=O) groups excluding carboxylic acids is 1. The second-order valence-electron chi connectivity index (χ2n) is 5.11. The fourth-order valence-electron chi connectivity index (χ4n) is 2.56. The smallest absolute Gasteiger partial charge is 0.134 e. The quantitative estimate of drug-likeness (QED) is 0.899. The fraction of sp³-hybridized carbons (Fsp3) is 0.250. The van der Waals surface area contributed by atoms with Gasteiger partial charge in [0.05, 0.1) is 18.2 Å². The van der Waals surface area contributed by atoms with Gasteiger partial charge in [-0.2, -0.15) is 0 Å². The first-order chi connectivity index (χ1) is 9.72. The molecule has 0 saturated heterocycles. The molecular weight excluding hydrogens is 250 g/mol. The molecule has 0 fully saturated rings. The van der Waals surface area contributed by atoms with Gasteiger partial charge in [0, 0.05) is 24.2 Å². The summed E-state index contributed by atoms with van der Waals surface area (Å²) < 4.78 is 0. The van der Waals surface area contributed by atoms with E-state index in [1.807, 2.05) is 12.3 Å². The molecule has 2 heterocycles. The minimum atomic E-state index is 0.188. The van der Waals surface area contributed by atoms with Gasteiger partial charge in [-0.1, -0.05) is 6.07 Å². The molecule has 0 radical (unpaired) electrons. The van der Waals surface area contributed by atoms with Crippen LogP contribution in [0.4, 0.5) is 5.69 Å². The average molecular weight is 267 g/mol. The minimum absolute atomic E-state index is 0.188. The van der Waals surface area contributed by atoms with E-state index in [0.717, 1.165) is 29.9 Å². The van der Waals surface area contributed by atoms with E-state index < -0.39 is 0 Å². The first-order valence-electron chi connectivity index (χ1n) is 6.78. The predicted octanol–water partition coefficient (Wildman–Crippen LogP) is 2.90. The van der Waals surface area contributed by atoms with Crippen LogP contribution in [0.3, 0.4) is 0 Å². The Morgan fingerprint density at radius 1 is 1.45 bits per heavy atom. The summed E-state index contributed by atoms with van der Waals surface area (Å²) in [6.45, 7) is 2.55. The van der Waals surface area contributed by atoms with E-state index in [-0.39, 0.29) is 5.78 Å².